The normalized spacial score (nSPS) is 13.1. The first-order valence-corrected chi connectivity index (χ1v) is 14.7. The minimum atomic E-state index is -0.428. The second-order valence-corrected chi connectivity index (χ2v) is 11.9. The smallest absolute Gasteiger partial charge is 0.307 e. The van der Waals surface area contributed by atoms with E-state index in [1.165, 1.54) is 4.88 Å². The van der Waals surface area contributed by atoms with Crippen molar-refractivity contribution in [3.63, 3.8) is 0 Å². The second kappa shape index (κ2) is 10.9. The van der Waals surface area contributed by atoms with Gasteiger partial charge >= 0.3 is 5.91 Å². The first-order chi connectivity index (χ1) is 19.4. The number of hydrogen-bond donors (Lipinski definition) is 2. The number of carbonyl (C=O) groups is 2. The van der Waals surface area contributed by atoms with Gasteiger partial charge in [0.15, 0.2) is 5.76 Å². The van der Waals surface area contributed by atoms with E-state index >= 15 is 0 Å². The Balaban J connectivity index is 1.28. The number of fused-ring (bicyclic) bond motifs is 2. The summed E-state index contributed by atoms with van der Waals surface area (Å²) in [6.07, 6.45) is 5.74. The first-order valence-electron chi connectivity index (χ1n) is 13.1. The summed E-state index contributed by atoms with van der Waals surface area (Å²) in [6, 6.07) is 18.8. The van der Waals surface area contributed by atoms with Crippen LogP contribution in [0, 0.1) is 13.8 Å². The van der Waals surface area contributed by atoms with Crippen molar-refractivity contribution >= 4 is 62.0 Å². The summed E-state index contributed by atoms with van der Waals surface area (Å²) >= 11 is 5.13. The van der Waals surface area contributed by atoms with Crippen LogP contribution in [0.25, 0.3) is 16.0 Å². The van der Waals surface area contributed by atoms with Crippen molar-refractivity contribution < 1.29 is 14.0 Å². The zero-order valence-electron chi connectivity index (χ0n) is 22.1. The van der Waals surface area contributed by atoms with Crippen molar-refractivity contribution in [3.8, 4) is 5.00 Å². The third kappa shape index (κ3) is 5.02. The third-order valence-corrected chi connectivity index (χ3v) is 8.93. The number of nitrogens with one attached hydrogen (secondary N) is 2. The molecular formula is C31H27BrN4O3S. The molecule has 0 saturated carbocycles. The molecule has 9 heteroatoms. The fraction of sp³-hybridized carbons (Fsp3) is 0.194. The lowest BCUT2D eigenvalue weighted by atomic mass is 9.95. The number of benzene rings is 2. The predicted molar refractivity (Wildman–Crippen MR) is 163 cm³/mol. The minimum Gasteiger partial charge on any atom is -0.451 e. The maximum Gasteiger partial charge on any atom is 0.307 e. The Hall–Kier alpha value is -3.95. The zero-order chi connectivity index (χ0) is 27.8. The number of anilines is 1. The van der Waals surface area contributed by atoms with E-state index in [0.29, 0.717) is 5.58 Å². The Kier molecular flexibility index (Phi) is 7.16. The van der Waals surface area contributed by atoms with Gasteiger partial charge in [0, 0.05) is 37.4 Å². The number of hydrazone groups is 1. The van der Waals surface area contributed by atoms with Crippen molar-refractivity contribution in [2.24, 2.45) is 5.10 Å². The Labute approximate surface area is 244 Å². The van der Waals surface area contributed by atoms with Gasteiger partial charge < -0.3 is 14.3 Å². The lowest BCUT2D eigenvalue weighted by Gasteiger charge is -2.14. The van der Waals surface area contributed by atoms with E-state index in [9.17, 15) is 9.59 Å². The number of aromatic nitrogens is 1. The molecule has 1 aliphatic rings. The van der Waals surface area contributed by atoms with Gasteiger partial charge in [-0.25, -0.2) is 5.43 Å². The van der Waals surface area contributed by atoms with Crippen molar-refractivity contribution in [1.29, 1.82) is 0 Å². The van der Waals surface area contributed by atoms with E-state index in [1.807, 2.05) is 68.4 Å². The minimum absolute atomic E-state index is 0.0894. The van der Waals surface area contributed by atoms with Crippen molar-refractivity contribution in [2.45, 2.75) is 39.5 Å². The number of para-hydroxylation sites is 1. The van der Waals surface area contributed by atoms with Gasteiger partial charge in [-0.2, -0.15) is 5.10 Å². The molecule has 40 heavy (non-hydrogen) atoms. The number of halogens is 1. The van der Waals surface area contributed by atoms with Gasteiger partial charge in [0.2, 0.25) is 0 Å². The van der Waals surface area contributed by atoms with Crippen LogP contribution in [0.3, 0.4) is 0 Å². The lowest BCUT2D eigenvalue weighted by Crippen LogP contribution is -2.17. The van der Waals surface area contributed by atoms with Gasteiger partial charge in [0.05, 0.1) is 11.8 Å². The van der Waals surface area contributed by atoms with Crippen LogP contribution in [0.2, 0.25) is 0 Å². The number of aryl methyl sites for hydroxylation is 2. The van der Waals surface area contributed by atoms with Crippen molar-refractivity contribution in [3.05, 3.63) is 104 Å². The van der Waals surface area contributed by atoms with E-state index < -0.39 is 5.91 Å². The maximum atomic E-state index is 13.6. The molecule has 5 aromatic rings. The quantitative estimate of drug-likeness (QED) is 0.153. The summed E-state index contributed by atoms with van der Waals surface area (Å²) in [6.45, 7) is 4.03. The van der Waals surface area contributed by atoms with E-state index in [-0.39, 0.29) is 11.7 Å². The Morgan fingerprint density at radius 2 is 1.82 bits per heavy atom. The highest BCUT2D eigenvalue weighted by atomic mass is 79.9. The molecule has 0 saturated heterocycles. The van der Waals surface area contributed by atoms with Crippen molar-refractivity contribution in [2.75, 3.05) is 5.32 Å². The van der Waals surface area contributed by atoms with E-state index in [4.69, 9.17) is 4.42 Å². The molecule has 1 aliphatic carbocycles. The lowest BCUT2D eigenvalue weighted by molar-refractivity contribution is 0.0929. The summed E-state index contributed by atoms with van der Waals surface area (Å²) in [5.41, 5.74) is 8.66. The fourth-order valence-corrected chi connectivity index (χ4v) is 7.11. The van der Waals surface area contributed by atoms with E-state index in [1.54, 1.807) is 23.6 Å². The molecule has 2 N–H and O–H groups in total. The Morgan fingerprint density at radius 3 is 2.65 bits per heavy atom. The van der Waals surface area contributed by atoms with Gasteiger partial charge in [0.25, 0.3) is 5.91 Å². The molecule has 0 fully saturated rings. The van der Waals surface area contributed by atoms with Crippen LogP contribution in [0.15, 0.2) is 74.7 Å². The number of hydrogen-bond acceptors (Lipinski definition) is 5. The molecule has 3 aromatic heterocycles. The summed E-state index contributed by atoms with van der Waals surface area (Å²) < 4.78 is 8.70. The number of amides is 2. The largest absolute Gasteiger partial charge is 0.451 e. The number of nitrogens with zero attached hydrogens (tertiary/aromatic N) is 2. The van der Waals surface area contributed by atoms with Gasteiger partial charge in [-0.3, -0.25) is 9.59 Å². The molecule has 0 aliphatic heterocycles. The molecule has 6 rings (SSSR count). The van der Waals surface area contributed by atoms with Crippen LogP contribution >= 0.6 is 27.3 Å². The highest BCUT2D eigenvalue weighted by Gasteiger charge is 2.28. The summed E-state index contributed by atoms with van der Waals surface area (Å²) in [4.78, 5) is 27.6. The summed E-state index contributed by atoms with van der Waals surface area (Å²) in [5, 5.41) is 9.06. The fourth-order valence-electron chi connectivity index (χ4n) is 5.23. The highest BCUT2D eigenvalue weighted by molar-refractivity contribution is 9.10. The zero-order valence-corrected chi connectivity index (χ0v) is 24.5. The van der Waals surface area contributed by atoms with Gasteiger partial charge in [-0.15, -0.1) is 11.3 Å². The van der Waals surface area contributed by atoms with Crippen LogP contribution in [-0.4, -0.2) is 22.6 Å². The highest BCUT2D eigenvalue weighted by Crippen LogP contribution is 2.39. The van der Waals surface area contributed by atoms with Crippen LogP contribution in [0.5, 0.6) is 0 Å². The molecule has 0 unspecified atom stereocenters. The van der Waals surface area contributed by atoms with Crippen LogP contribution < -0.4 is 10.7 Å². The average molecular weight is 616 g/mol. The number of furan rings is 1. The van der Waals surface area contributed by atoms with E-state index in [2.05, 4.69) is 36.3 Å². The summed E-state index contributed by atoms with van der Waals surface area (Å²) in [7, 11) is 0. The molecule has 3 heterocycles. The van der Waals surface area contributed by atoms with E-state index in [0.717, 1.165) is 74.3 Å². The van der Waals surface area contributed by atoms with Crippen molar-refractivity contribution in [1.82, 2.24) is 9.99 Å². The maximum absolute atomic E-state index is 13.6. The number of carbonyl (C=O) groups excluding carboxylic acids is 2. The van der Waals surface area contributed by atoms with Crippen LogP contribution in [0.4, 0.5) is 5.69 Å². The molecule has 202 valence electrons. The second-order valence-electron chi connectivity index (χ2n) is 9.87. The Morgan fingerprint density at radius 1 is 1.02 bits per heavy atom. The van der Waals surface area contributed by atoms with Gasteiger partial charge in [0.1, 0.15) is 10.6 Å². The first kappa shape index (κ1) is 26.3. The molecule has 2 amide bonds. The van der Waals surface area contributed by atoms with Crippen LogP contribution in [0.1, 0.15) is 61.1 Å². The third-order valence-electron chi connectivity index (χ3n) is 7.16. The molecule has 0 atom stereocenters. The molecule has 2 aromatic carbocycles. The average Bonchev–Trinajstić information content (AvgIpc) is 3.61. The van der Waals surface area contributed by atoms with Crippen LogP contribution in [-0.2, 0) is 12.8 Å². The monoisotopic (exact) mass is 614 g/mol. The predicted octanol–water partition coefficient (Wildman–Crippen LogP) is 7.56. The molecule has 7 nitrogen and oxygen atoms in total. The molecular weight excluding hydrogens is 588 g/mol. The van der Waals surface area contributed by atoms with Gasteiger partial charge in [-0.1, -0.05) is 34.1 Å². The standard InChI is InChI=1S/C31H27BrN4O3S/c1-18-14-21(17-33-35-29(37)26-16-20-15-22(32)12-13-25(20)39-26)19(2)36(18)31-28(24-10-6-7-11-27(24)40-31)30(38)34-23-8-4-3-5-9-23/h3-5,8-9,12-17H,6-7,10-11H2,1-2H3,(H,34,38)(H,35,37)/b33-17+. The summed E-state index contributed by atoms with van der Waals surface area (Å²) in [5.74, 6) is -0.328. The molecule has 0 spiro atoms. The SMILES string of the molecule is Cc1cc(/C=N/NC(=O)c2cc3cc(Br)ccc3o2)c(C)n1-c1sc2c(c1C(=O)Nc1ccccc1)CCCC2. The Bertz CT molecular complexity index is 1780. The topological polar surface area (TPSA) is 88.6 Å². The number of thiophene rings is 1. The molecule has 0 bridgehead atoms. The molecule has 0 radical (unpaired) electrons. The van der Waals surface area contributed by atoms with Gasteiger partial charge in [-0.05, 0) is 87.6 Å². The number of rotatable bonds is 6.